The first-order valence-corrected chi connectivity index (χ1v) is 5.46. The number of aromatic nitrogens is 2. The molecule has 1 amide bonds. The normalized spacial score (nSPS) is 13.9. The average Bonchev–Trinajstić information content (AvgIpc) is 2.68. The van der Waals surface area contributed by atoms with Gasteiger partial charge < -0.3 is 4.90 Å². The molecule has 0 N–H and O–H groups in total. The van der Waals surface area contributed by atoms with Gasteiger partial charge in [-0.1, -0.05) is 6.07 Å². The maximum atomic E-state index is 12.1. The van der Waals surface area contributed by atoms with Gasteiger partial charge in [0.1, 0.15) is 0 Å². The number of amides is 1. The molecule has 1 aliphatic rings. The Morgan fingerprint density at radius 1 is 1.24 bits per heavy atom. The summed E-state index contributed by atoms with van der Waals surface area (Å²) < 4.78 is 0. The minimum absolute atomic E-state index is 0.0527. The van der Waals surface area contributed by atoms with Gasteiger partial charge in [0, 0.05) is 25.1 Å². The minimum atomic E-state index is 0.0527. The van der Waals surface area contributed by atoms with E-state index in [1.54, 1.807) is 29.6 Å². The van der Waals surface area contributed by atoms with Crippen molar-refractivity contribution in [3.63, 3.8) is 0 Å². The van der Waals surface area contributed by atoms with Gasteiger partial charge in [-0.05, 0) is 23.8 Å². The quantitative estimate of drug-likeness (QED) is 0.780. The smallest absolute Gasteiger partial charge is 0.256 e. The summed E-state index contributed by atoms with van der Waals surface area (Å²) in [6.45, 7) is 1.17. The van der Waals surface area contributed by atoms with E-state index in [1.165, 1.54) is 0 Å². The Bertz CT molecular complexity index is 554. The first kappa shape index (κ1) is 9.96. The number of pyridine rings is 2. The van der Waals surface area contributed by atoms with Crippen LogP contribution in [-0.2, 0) is 13.1 Å². The number of carbonyl (C=O) groups is 1. The molecule has 0 aliphatic carbocycles. The monoisotopic (exact) mass is 225 g/mol. The van der Waals surface area contributed by atoms with Crippen LogP contribution in [0.25, 0.3) is 0 Å². The van der Waals surface area contributed by atoms with E-state index in [1.807, 2.05) is 18.2 Å². The Labute approximate surface area is 98.9 Å². The molecule has 0 saturated heterocycles. The van der Waals surface area contributed by atoms with Crippen LogP contribution in [0.4, 0.5) is 0 Å². The van der Waals surface area contributed by atoms with E-state index in [0.29, 0.717) is 13.1 Å². The fourth-order valence-electron chi connectivity index (χ4n) is 2.02. The molecule has 0 radical (unpaired) electrons. The Balaban J connectivity index is 1.83. The largest absolute Gasteiger partial charge is 0.328 e. The van der Waals surface area contributed by atoms with Crippen molar-refractivity contribution in [2.75, 3.05) is 0 Å². The standard InChI is InChI=1S/C13H11N3O/c17-13-11-4-2-6-15-12(11)9-16(13)8-10-3-1-5-14-7-10/h1-7H,8-9H2. The summed E-state index contributed by atoms with van der Waals surface area (Å²) in [6.07, 6.45) is 5.23. The zero-order valence-electron chi connectivity index (χ0n) is 9.21. The highest BCUT2D eigenvalue weighted by molar-refractivity contribution is 5.97. The van der Waals surface area contributed by atoms with E-state index in [0.717, 1.165) is 16.8 Å². The van der Waals surface area contributed by atoms with E-state index in [2.05, 4.69) is 9.97 Å². The van der Waals surface area contributed by atoms with Crippen molar-refractivity contribution in [3.05, 3.63) is 59.7 Å². The summed E-state index contributed by atoms with van der Waals surface area (Å²) in [4.78, 5) is 22.1. The summed E-state index contributed by atoms with van der Waals surface area (Å²) >= 11 is 0. The van der Waals surface area contributed by atoms with Crippen LogP contribution in [0.3, 0.4) is 0 Å². The molecule has 3 heterocycles. The Morgan fingerprint density at radius 3 is 2.88 bits per heavy atom. The summed E-state index contributed by atoms with van der Waals surface area (Å²) in [7, 11) is 0. The van der Waals surface area contributed by atoms with Gasteiger partial charge in [0.15, 0.2) is 0 Å². The molecule has 0 bridgehead atoms. The lowest BCUT2D eigenvalue weighted by Crippen LogP contribution is -2.23. The number of carbonyl (C=O) groups excluding carboxylic acids is 1. The van der Waals surface area contributed by atoms with Crippen LogP contribution in [0, 0.1) is 0 Å². The van der Waals surface area contributed by atoms with Gasteiger partial charge in [0.25, 0.3) is 5.91 Å². The first-order valence-electron chi connectivity index (χ1n) is 5.46. The van der Waals surface area contributed by atoms with Crippen LogP contribution >= 0.6 is 0 Å². The van der Waals surface area contributed by atoms with Gasteiger partial charge in [-0.2, -0.15) is 0 Å². The van der Waals surface area contributed by atoms with Gasteiger partial charge in [-0.15, -0.1) is 0 Å². The minimum Gasteiger partial charge on any atom is -0.328 e. The highest BCUT2D eigenvalue weighted by atomic mass is 16.2. The lowest BCUT2D eigenvalue weighted by molar-refractivity contribution is 0.0766. The highest BCUT2D eigenvalue weighted by Gasteiger charge is 2.27. The Kier molecular flexibility index (Phi) is 2.33. The number of hydrogen-bond acceptors (Lipinski definition) is 3. The van der Waals surface area contributed by atoms with E-state index in [9.17, 15) is 4.79 Å². The Hall–Kier alpha value is -2.23. The van der Waals surface area contributed by atoms with Gasteiger partial charge in [-0.25, -0.2) is 0 Å². The summed E-state index contributed by atoms with van der Waals surface area (Å²) in [5.74, 6) is 0.0527. The number of nitrogens with zero attached hydrogens (tertiary/aromatic N) is 3. The summed E-state index contributed by atoms with van der Waals surface area (Å²) in [5, 5.41) is 0. The second kappa shape index (κ2) is 3.97. The molecule has 0 saturated carbocycles. The molecule has 17 heavy (non-hydrogen) atoms. The fraction of sp³-hybridized carbons (Fsp3) is 0.154. The van der Waals surface area contributed by atoms with Gasteiger partial charge in [-0.3, -0.25) is 14.8 Å². The summed E-state index contributed by atoms with van der Waals surface area (Å²) in [5.41, 5.74) is 2.62. The lowest BCUT2D eigenvalue weighted by Gasteiger charge is -2.14. The highest BCUT2D eigenvalue weighted by Crippen LogP contribution is 2.21. The third kappa shape index (κ3) is 1.78. The van der Waals surface area contributed by atoms with Crippen molar-refractivity contribution in [2.45, 2.75) is 13.1 Å². The third-order valence-corrected chi connectivity index (χ3v) is 2.84. The second-order valence-corrected chi connectivity index (χ2v) is 4.02. The van der Waals surface area contributed by atoms with Crippen LogP contribution in [-0.4, -0.2) is 20.8 Å². The molecule has 4 nitrogen and oxygen atoms in total. The van der Waals surface area contributed by atoms with E-state index < -0.39 is 0 Å². The number of rotatable bonds is 2. The predicted molar refractivity (Wildman–Crippen MR) is 62.1 cm³/mol. The predicted octanol–water partition coefficient (Wildman–Crippen LogP) is 1.63. The summed E-state index contributed by atoms with van der Waals surface area (Å²) in [6, 6.07) is 7.47. The van der Waals surface area contributed by atoms with Gasteiger partial charge in [0.05, 0.1) is 17.8 Å². The van der Waals surface area contributed by atoms with E-state index in [4.69, 9.17) is 0 Å². The van der Waals surface area contributed by atoms with E-state index in [-0.39, 0.29) is 5.91 Å². The van der Waals surface area contributed by atoms with Crippen LogP contribution in [0.2, 0.25) is 0 Å². The maximum absolute atomic E-state index is 12.1. The molecular formula is C13H11N3O. The van der Waals surface area contributed by atoms with Crippen LogP contribution in [0.1, 0.15) is 21.6 Å². The SMILES string of the molecule is O=C1c2cccnc2CN1Cc1cccnc1. The van der Waals surface area contributed by atoms with Crippen LogP contribution in [0.15, 0.2) is 42.9 Å². The van der Waals surface area contributed by atoms with Crippen molar-refractivity contribution in [1.29, 1.82) is 0 Å². The molecule has 1 aliphatic heterocycles. The molecule has 3 rings (SSSR count). The lowest BCUT2D eigenvalue weighted by atomic mass is 10.2. The zero-order valence-corrected chi connectivity index (χ0v) is 9.21. The van der Waals surface area contributed by atoms with Crippen molar-refractivity contribution >= 4 is 5.91 Å². The molecule has 0 aromatic carbocycles. The molecular weight excluding hydrogens is 214 g/mol. The number of fused-ring (bicyclic) bond motifs is 1. The second-order valence-electron chi connectivity index (χ2n) is 4.02. The van der Waals surface area contributed by atoms with Crippen molar-refractivity contribution in [1.82, 2.24) is 14.9 Å². The molecule has 2 aromatic heterocycles. The molecule has 84 valence electrons. The number of hydrogen-bond donors (Lipinski definition) is 0. The third-order valence-electron chi connectivity index (χ3n) is 2.84. The molecule has 2 aromatic rings. The first-order chi connectivity index (χ1) is 8.34. The van der Waals surface area contributed by atoms with Crippen molar-refractivity contribution in [2.24, 2.45) is 0 Å². The topological polar surface area (TPSA) is 46.1 Å². The van der Waals surface area contributed by atoms with Crippen molar-refractivity contribution < 1.29 is 4.79 Å². The molecule has 0 spiro atoms. The zero-order chi connectivity index (χ0) is 11.7. The van der Waals surface area contributed by atoms with Gasteiger partial charge in [0.2, 0.25) is 0 Å². The average molecular weight is 225 g/mol. The van der Waals surface area contributed by atoms with Crippen molar-refractivity contribution in [3.8, 4) is 0 Å². The van der Waals surface area contributed by atoms with Gasteiger partial charge >= 0.3 is 0 Å². The van der Waals surface area contributed by atoms with Crippen LogP contribution < -0.4 is 0 Å². The molecule has 4 heteroatoms. The van der Waals surface area contributed by atoms with E-state index >= 15 is 0 Å². The molecule has 0 atom stereocenters. The molecule has 0 fully saturated rings. The Morgan fingerprint density at radius 2 is 2.12 bits per heavy atom. The fourth-order valence-corrected chi connectivity index (χ4v) is 2.02. The maximum Gasteiger partial charge on any atom is 0.256 e. The molecule has 0 unspecified atom stereocenters. The van der Waals surface area contributed by atoms with Crippen LogP contribution in [0.5, 0.6) is 0 Å².